The highest BCUT2D eigenvalue weighted by atomic mass is 16.4. The predicted octanol–water partition coefficient (Wildman–Crippen LogP) is 6.21. The van der Waals surface area contributed by atoms with Gasteiger partial charge >= 0.3 is 0 Å². The van der Waals surface area contributed by atoms with Crippen molar-refractivity contribution in [3.63, 3.8) is 0 Å². The Kier molecular flexibility index (Phi) is 11.2. The van der Waals surface area contributed by atoms with Crippen LogP contribution in [0.25, 0.3) is 0 Å². The highest BCUT2D eigenvalue weighted by Crippen LogP contribution is 2.12. The van der Waals surface area contributed by atoms with Gasteiger partial charge in [-0.3, -0.25) is 9.59 Å². The lowest BCUT2D eigenvalue weighted by atomic mass is 9.99. The first-order valence-corrected chi connectivity index (χ1v) is 10.2. The highest BCUT2D eigenvalue weighted by molar-refractivity contribution is 6.45. The van der Waals surface area contributed by atoms with Crippen LogP contribution in [0.5, 0.6) is 0 Å². The van der Waals surface area contributed by atoms with E-state index in [9.17, 15) is 9.59 Å². The van der Waals surface area contributed by atoms with Crippen LogP contribution in [0.4, 0.5) is 0 Å². The summed E-state index contributed by atoms with van der Waals surface area (Å²) in [7, 11) is 0. The van der Waals surface area contributed by atoms with Crippen LogP contribution in [-0.4, -0.2) is 22.5 Å². The van der Waals surface area contributed by atoms with Crippen LogP contribution in [0.1, 0.15) is 53.4 Å². The van der Waals surface area contributed by atoms with Crippen molar-refractivity contribution in [2.24, 2.45) is 5.16 Å². The van der Waals surface area contributed by atoms with Crippen LogP contribution in [0.2, 0.25) is 0 Å². The molecule has 0 unspecified atom stereocenters. The largest absolute Gasteiger partial charge is 0.410 e. The number of hydrogen-bond acceptors (Lipinski definition) is 4. The molecule has 3 aromatic rings. The third-order valence-electron chi connectivity index (χ3n) is 4.51. The van der Waals surface area contributed by atoms with Crippen LogP contribution in [0, 0.1) is 13.8 Å². The molecule has 0 saturated carbocycles. The van der Waals surface area contributed by atoms with Crippen LogP contribution < -0.4 is 0 Å². The predicted molar refractivity (Wildman–Crippen MR) is 127 cm³/mol. The summed E-state index contributed by atoms with van der Waals surface area (Å²) in [6, 6.07) is 25.4. The van der Waals surface area contributed by atoms with Crippen LogP contribution in [0.15, 0.2) is 84.0 Å². The van der Waals surface area contributed by atoms with Gasteiger partial charge in [0.05, 0.1) is 0 Å². The summed E-state index contributed by atoms with van der Waals surface area (Å²) in [5.74, 6) is -0.114. The van der Waals surface area contributed by atoms with Crippen molar-refractivity contribution in [2.75, 3.05) is 0 Å². The Morgan fingerprint density at radius 1 is 0.839 bits per heavy atom. The van der Waals surface area contributed by atoms with Gasteiger partial charge in [-0.2, -0.15) is 0 Å². The molecule has 0 aliphatic rings. The Labute approximate surface area is 185 Å². The minimum absolute atomic E-state index is 0.117. The molecule has 0 atom stereocenters. The minimum Gasteiger partial charge on any atom is -0.410 e. The van der Waals surface area contributed by atoms with Gasteiger partial charge < -0.3 is 5.21 Å². The molecule has 1 N–H and O–H groups in total. The summed E-state index contributed by atoms with van der Waals surface area (Å²) >= 11 is 0. The summed E-state index contributed by atoms with van der Waals surface area (Å²) in [6.07, 6.45) is 1.14. The fraction of sp³-hybridized carbons (Fsp3) is 0.222. The average Bonchev–Trinajstić information content (AvgIpc) is 2.78. The molecule has 0 radical (unpaired) electrons. The lowest BCUT2D eigenvalue weighted by Gasteiger charge is -2.05. The monoisotopic (exact) mass is 417 g/mol. The Bertz CT molecular complexity index is 994. The fourth-order valence-corrected chi connectivity index (χ4v) is 2.69. The van der Waals surface area contributed by atoms with Gasteiger partial charge in [0.2, 0.25) is 0 Å². The molecular weight excluding hydrogens is 386 g/mol. The standard InChI is InChI=1S/C11H13NO2.C8H8O.C8H10/c1-7-4-5-8(2)10(6-7)11(12-14)9(3)13;1-7(9)8-5-3-2-4-6-8;1-2-8-6-4-3-5-7-8/h4-6,14H,1-3H3;2-6H,1H3;3-7H,2H2,1H3/b12-11+;;. The Balaban J connectivity index is 0.000000245. The first-order chi connectivity index (χ1) is 14.8. The van der Waals surface area contributed by atoms with Crippen molar-refractivity contribution >= 4 is 17.3 Å². The summed E-state index contributed by atoms with van der Waals surface area (Å²) in [4.78, 5) is 21.8. The topological polar surface area (TPSA) is 66.7 Å². The van der Waals surface area contributed by atoms with E-state index in [4.69, 9.17) is 5.21 Å². The van der Waals surface area contributed by atoms with Gasteiger partial charge in [0, 0.05) is 18.1 Å². The summed E-state index contributed by atoms with van der Waals surface area (Å²) in [5.41, 5.74) is 4.96. The number of carbonyl (C=O) groups is 2. The Hall–Kier alpha value is -3.53. The first-order valence-electron chi connectivity index (χ1n) is 10.2. The van der Waals surface area contributed by atoms with E-state index in [1.807, 2.05) is 68.4 Å². The number of ketones is 2. The van der Waals surface area contributed by atoms with E-state index in [2.05, 4.69) is 36.3 Å². The maximum Gasteiger partial charge on any atom is 0.182 e. The van der Waals surface area contributed by atoms with E-state index in [0.717, 1.165) is 23.1 Å². The number of oxime groups is 1. The van der Waals surface area contributed by atoms with E-state index >= 15 is 0 Å². The van der Waals surface area contributed by atoms with Crippen molar-refractivity contribution in [3.8, 4) is 0 Å². The molecule has 4 nitrogen and oxygen atoms in total. The molecule has 162 valence electrons. The number of nitrogens with zero attached hydrogens (tertiary/aromatic N) is 1. The second kappa shape index (κ2) is 13.6. The van der Waals surface area contributed by atoms with E-state index in [1.165, 1.54) is 12.5 Å². The number of carbonyl (C=O) groups excluding carboxylic acids is 2. The quantitative estimate of drug-likeness (QED) is 0.237. The van der Waals surface area contributed by atoms with Gasteiger partial charge in [0.1, 0.15) is 0 Å². The first kappa shape index (κ1) is 25.5. The fourth-order valence-electron chi connectivity index (χ4n) is 2.69. The Morgan fingerprint density at radius 3 is 1.77 bits per heavy atom. The molecular formula is C27H31NO3. The highest BCUT2D eigenvalue weighted by Gasteiger charge is 2.12. The number of aryl methyl sites for hydroxylation is 3. The second-order valence-corrected chi connectivity index (χ2v) is 7.08. The molecule has 0 aliphatic carbocycles. The molecule has 0 heterocycles. The number of hydrogen-bond donors (Lipinski definition) is 1. The van der Waals surface area contributed by atoms with Gasteiger partial charge in [0.15, 0.2) is 17.3 Å². The number of rotatable bonds is 4. The van der Waals surface area contributed by atoms with Crippen molar-refractivity contribution < 1.29 is 14.8 Å². The summed E-state index contributed by atoms with van der Waals surface area (Å²) in [5, 5.41) is 11.8. The van der Waals surface area contributed by atoms with E-state index < -0.39 is 0 Å². The zero-order valence-electron chi connectivity index (χ0n) is 18.9. The second-order valence-electron chi connectivity index (χ2n) is 7.08. The lowest BCUT2D eigenvalue weighted by Crippen LogP contribution is -2.13. The molecule has 31 heavy (non-hydrogen) atoms. The molecule has 3 rings (SSSR count). The van der Waals surface area contributed by atoms with E-state index in [0.29, 0.717) is 5.56 Å². The van der Waals surface area contributed by atoms with Gasteiger partial charge in [-0.1, -0.05) is 90.4 Å². The average molecular weight is 418 g/mol. The molecule has 0 aliphatic heterocycles. The van der Waals surface area contributed by atoms with Crippen molar-refractivity contribution in [3.05, 3.63) is 107 Å². The molecule has 4 heteroatoms. The maximum atomic E-state index is 11.1. The number of benzene rings is 3. The van der Waals surface area contributed by atoms with E-state index in [1.54, 1.807) is 6.92 Å². The van der Waals surface area contributed by atoms with Crippen LogP contribution >= 0.6 is 0 Å². The molecule has 0 amide bonds. The molecule has 0 bridgehead atoms. The molecule has 0 aromatic heterocycles. The molecule has 0 saturated heterocycles. The van der Waals surface area contributed by atoms with Gasteiger partial charge in [-0.25, -0.2) is 0 Å². The third-order valence-corrected chi connectivity index (χ3v) is 4.51. The van der Waals surface area contributed by atoms with Crippen LogP contribution in [-0.2, 0) is 11.2 Å². The van der Waals surface area contributed by atoms with Gasteiger partial charge in [-0.05, 0) is 44.4 Å². The molecule has 0 spiro atoms. The van der Waals surface area contributed by atoms with Crippen molar-refractivity contribution in [1.29, 1.82) is 0 Å². The van der Waals surface area contributed by atoms with Crippen molar-refractivity contribution in [2.45, 2.75) is 41.0 Å². The minimum atomic E-state index is -0.235. The van der Waals surface area contributed by atoms with E-state index in [-0.39, 0.29) is 17.3 Å². The van der Waals surface area contributed by atoms with Gasteiger partial charge in [-0.15, -0.1) is 0 Å². The van der Waals surface area contributed by atoms with Gasteiger partial charge in [0.25, 0.3) is 0 Å². The normalized spacial score (nSPS) is 10.2. The summed E-state index contributed by atoms with van der Waals surface area (Å²) in [6.45, 7) is 8.92. The SMILES string of the molecule is CC(=O)/C(=N\O)c1cc(C)ccc1C.CC(=O)c1ccccc1.CCc1ccccc1. The Morgan fingerprint density at radius 2 is 1.39 bits per heavy atom. The summed E-state index contributed by atoms with van der Waals surface area (Å²) < 4.78 is 0. The molecule has 0 fully saturated rings. The maximum absolute atomic E-state index is 11.1. The third kappa shape index (κ3) is 9.22. The molecule has 3 aromatic carbocycles. The zero-order valence-corrected chi connectivity index (χ0v) is 18.9. The zero-order chi connectivity index (χ0) is 23.2. The smallest absolute Gasteiger partial charge is 0.182 e. The number of Topliss-reactive ketones (excluding diaryl/α,β-unsaturated/α-hetero) is 2. The van der Waals surface area contributed by atoms with Crippen LogP contribution in [0.3, 0.4) is 0 Å². The van der Waals surface area contributed by atoms with Crippen molar-refractivity contribution in [1.82, 2.24) is 0 Å². The lowest BCUT2D eigenvalue weighted by molar-refractivity contribution is -0.111.